The average molecular weight is 299 g/mol. The maximum Gasteiger partial charge on any atom is 0.270 e. The van der Waals surface area contributed by atoms with E-state index in [1.54, 1.807) is 12.5 Å². The molecule has 22 heavy (non-hydrogen) atoms. The number of pyridine rings is 1. The number of fused-ring (bicyclic) bond motifs is 4. The molecule has 2 atom stereocenters. The van der Waals surface area contributed by atoms with E-state index in [0.29, 0.717) is 17.7 Å². The molecule has 2 bridgehead atoms. The molecule has 3 fully saturated rings. The van der Waals surface area contributed by atoms with Crippen molar-refractivity contribution in [3.05, 3.63) is 29.8 Å². The SMILES string of the molecule is Cc1coc2cnc(C(=O)N[C@@H]3C4CCN(CC4)[C@H]3C)cc12. The highest BCUT2D eigenvalue weighted by Gasteiger charge is 2.40. The number of amides is 1. The molecule has 1 amide bonds. The summed E-state index contributed by atoms with van der Waals surface area (Å²) in [6.45, 7) is 6.52. The van der Waals surface area contributed by atoms with Crippen molar-refractivity contribution in [1.82, 2.24) is 15.2 Å². The molecule has 5 rings (SSSR count). The van der Waals surface area contributed by atoms with Crippen molar-refractivity contribution in [2.24, 2.45) is 5.92 Å². The summed E-state index contributed by atoms with van der Waals surface area (Å²) >= 11 is 0. The number of furan rings is 1. The van der Waals surface area contributed by atoms with Crippen LogP contribution in [0.25, 0.3) is 11.0 Å². The van der Waals surface area contributed by atoms with E-state index < -0.39 is 0 Å². The lowest BCUT2D eigenvalue weighted by atomic mass is 9.79. The van der Waals surface area contributed by atoms with Crippen LogP contribution in [0.5, 0.6) is 0 Å². The molecule has 116 valence electrons. The van der Waals surface area contributed by atoms with Gasteiger partial charge in [-0.15, -0.1) is 0 Å². The zero-order valence-electron chi connectivity index (χ0n) is 13.0. The highest BCUT2D eigenvalue weighted by atomic mass is 16.3. The standard InChI is InChI=1S/C17H21N3O2/c1-10-9-22-15-8-18-14(7-13(10)15)17(21)19-16-11(2)20-5-3-12(16)4-6-20/h7-9,11-12,16H,3-6H2,1-2H3,(H,19,21)/t11-,16-/m0/s1. The van der Waals surface area contributed by atoms with Crippen molar-refractivity contribution in [3.8, 4) is 0 Å². The maximum absolute atomic E-state index is 12.6. The normalized spacial score (nSPS) is 30.6. The van der Waals surface area contributed by atoms with Gasteiger partial charge < -0.3 is 9.73 Å². The van der Waals surface area contributed by atoms with Gasteiger partial charge >= 0.3 is 0 Å². The molecule has 5 heterocycles. The van der Waals surface area contributed by atoms with Gasteiger partial charge in [-0.25, -0.2) is 4.98 Å². The van der Waals surface area contributed by atoms with E-state index in [9.17, 15) is 4.79 Å². The van der Waals surface area contributed by atoms with Crippen molar-refractivity contribution in [1.29, 1.82) is 0 Å². The van der Waals surface area contributed by atoms with Crippen LogP contribution in [0.4, 0.5) is 0 Å². The van der Waals surface area contributed by atoms with Gasteiger partial charge in [0.2, 0.25) is 0 Å². The van der Waals surface area contributed by atoms with E-state index in [0.717, 1.165) is 29.6 Å². The van der Waals surface area contributed by atoms with Crippen molar-refractivity contribution in [2.45, 2.75) is 38.8 Å². The molecule has 3 aliphatic rings. The Morgan fingerprint density at radius 1 is 1.41 bits per heavy atom. The number of rotatable bonds is 2. The second-order valence-electron chi connectivity index (χ2n) is 6.60. The minimum atomic E-state index is -0.0758. The molecule has 5 heteroatoms. The van der Waals surface area contributed by atoms with Crippen molar-refractivity contribution in [3.63, 3.8) is 0 Å². The highest BCUT2D eigenvalue weighted by molar-refractivity contribution is 5.96. The van der Waals surface area contributed by atoms with Gasteiger partial charge in [-0.05, 0) is 57.3 Å². The lowest BCUT2D eigenvalue weighted by Gasteiger charge is -2.49. The van der Waals surface area contributed by atoms with Crippen molar-refractivity contribution in [2.75, 3.05) is 13.1 Å². The van der Waals surface area contributed by atoms with E-state index in [1.807, 2.05) is 13.0 Å². The lowest BCUT2D eigenvalue weighted by Crippen LogP contribution is -2.62. The first-order valence-electron chi connectivity index (χ1n) is 8.02. The molecule has 0 radical (unpaired) electrons. The third kappa shape index (κ3) is 2.11. The first kappa shape index (κ1) is 13.8. The van der Waals surface area contributed by atoms with Crippen LogP contribution in [0.2, 0.25) is 0 Å². The molecular formula is C17H21N3O2. The predicted molar refractivity (Wildman–Crippen MR) is 83.8 cm³/mol. The molecule has 1 N–H and O–H groups in total. The van der Waals surface area contributed by atoms with Gasteiger partial charge in [-0.3, -0.25) is 9.69 Å². The van der Waals surface area contributed by atoms with Crippen LogP contribution in [0.1, 0.15) is 35.8 Å². The van der Waals surface area contributed by atoms with Crippen molar-refractivity contribution >= 4 is 16.9 Å². The molecule has 0 aliphatic carbocycles. The Hall–Kier alpha value is -1.88. The van der Waals surface area contributed by atoms with Gasteiger partial charge in [0.1, 0.15) is 5.69 Å². The van der Waals surface area contributed by atoms with E-state index >= 15 is 0 Å². The van der Waals surface area contributed by atoms with Crippen LogP contribution in [-0.4, -0.2) is 41.0 Å². The molecule has 2 aromatic rings. The molecule has 0 saturated carbocycles. The fourth-order valence-corrected chi connectivity index (χ4v) is 3.96. The Kier molecular flexibility index (Phi) is 3.18. The number of hydrogen-bond donors (Lipinski definition) is 1. The summed E-state index contributed by atoms with van der Waals surface area (Å²) in [6.07, 6.45) is 5.70. The van der Waals surface area contributed by atoms with Crippen LogP contribution in [0.15, 0.2) is 22.9 Å². The molecule has 2 aromatic heterocycles. The Balaban J connectivity index is 1.57. The van der Waals surface area contributed by atoms with E-state index in [2.05, 4.69) is 22.1 Å². The van der Waals surface area contributed by atoms with Gasteiger partial charge in [-0.1, -0.05) is 0 Å². The van der Waals surface area contributed by atoms with E-state index in [4.69, 9.17) is 4.42 Å². The van der Waals surface area contributed by atoms with Crippen LogP contribution in [0, 0.1) is 12.8 Å². The predicted octanol–water partition coefficient (Wildman–Crippen LogP) is 2.35. The Morgan fingerprint density at radius 3 is 2.91 bits per heavy atom. The second-order valence-corrected chi connectivity index (χ2v) is 6.60. The molecule has 3 saturated heterocycles. The number of piperidine rings is 3. The van der Waals surface area contributed by atoms with Crippen LogP contribution in [0.3, 0.4) is 0 Å². The minimum absolute atomic E-state index is 0.0758. The fourth-order valence-electron chi connectivity index (χ4n) is 3.96. The molecule has 3 aliphatic heterocycles. The van der Waals surface area contributed by atoms with Crippen molar-refractivity contribution < 1.29 is 9.21 Å². The fraction of sp³-hybridized carbons (Fsp3) is 0.529. The number of aryl methyl sites for hydroxylation is 1. The first-order chi connectivity index (χ1) is 10.6. The van der Waals surface area contributed by atoms with Gasteiger partial charge in [0, 0.05) is 17.5 Å². The summed E-state index contributed by atoms with van der Waals surface area (Å²) < 4.78 is 5.39. The lowest BCUT2D eigenvalue weighted by molar-refractivity contribution is 0.0216. The summed E-state index contributed by atoms with van der Waals surface area (Å²) in [5.41, 5.74) is 2.23. The minimum Gasteiger partial charge on any atom is -0.462 e. The largest absolute Gasteiger partial charge is 0.462 e. The second kappa shape index (κ2) is 5.09. The average Bonchev–Trinajstić information content (AvgIpc) is 2.92. The molecule has 0 aromatic carbocycles. The molecule has 0 spiro atoms. The Bertz CT molecular complexity index is 714. The third-order valence-electron chi connectivity index (χ3n) is 5.36. The smallest absolute Gasteiger partial charge is 0.270 e. The van der Waals surface area contributed by atoms with E-state index in [-0.39, 0.29) is 11.9 Å². The Labute approximate surface area is 129 Å². The van der Waals surface area contributed by atoms with Crippen LogP contribution >= 0.6 is 0 Å². The Morgan fingerprint density at radius 2 is 2.18 bits per heavy atom. The monoisotopic (exact) mass is 299 g/mol. The first-order valence-corrected chi connectivity index (χ1v) is 8.02. The zero-order valence-corrected chi connectivity index (χ0v) is 13.0. The topological polar surface area (TPSA) is 58.4 Å². The number of carbonyl (C=O) groups is 1. The number of hydrogen-bond acceptors (Lipinski definition) is 4. The van der Waals surface area contributed by atoms with Crippen LogP contribution < -0.4 is 5.32 Å². The number of carbonyl (C=O) groups excluding carboxylic acids is 1. The molecule has 0 unspecified atom stereocenters. The highest BCUT2D eigenvalue weighted by Crippen LogP contribution is 2.32. The van der Waals surface area contributed by atoms with E-state index in [1.165, 1.54) is 12.8 Å². The zero-order chi connectivity index (χ0) is 15.3. The maximum atomic E-state index is 12.6. The third-order valence-corrected chi connectivity index (χ3v) is 5.36. The van der Waals surface area contributed by atoms with Gasteiger partial charge in [0.25, 0.3) is 5.91 Å². The quantitative estimate of drug-likeness (QED) is 0.925. The van der Waals surface area contributed by atoms with Gasteiger partial charge in [0.15, 0.2) is 5.58 Å². The summed E-state index contributed by atoms with van der Waals surface area (Å²) in [5, 5.41) is 4.18. The van der Waals surface area contributed by atoms with Gasteiger partial charge in [0.05, 0.1) is 12.5 Å². The number of nitrogens with one attached hydrogen (secondary N) is 1. The molecule has 5 nitrogen and oxygen atoms in total. The summed E-state index contributed by atoms with van der Waals surface area (Å²) in [7, 11) is 0. The molecular weight excluding hydrogens is 278 g/mol. The number of nitrogens with zero attached hydrogens (tertiary/aromatic N) is 2. The summed E-state index contributed by atoms with van der Waals surface area (Å²) in [6, 6.07) is 2.48. The van der Waals surface area contributed by atoms with Gasteiger partial charge in [-0.2, -0.15) is 0 Å². The summed E-state index contributed by atoms with van der Waals surface area (Å²) in [4.78, 5) is 19.3. The summed E-state index contributed by atoms with van der Waals surface area (Å²) in [5.74, 6) is 0.524. The van der Waals surface area contributed by atoms with Crippen LogP contribution in [-0.2, 0) is 0 Å². The number of aromatic nitrogens is 1.